The molecule has 106 valence electrons. The highest BCUT2D eigenvalue weighted by atomic mass is 35.5. The molecule has 2 aliphatic rings. The number of rotatable bonds is 1. The van der Waals surface area contributed by atoms with E-state index in [0.717, 1.165) is 24.5 Å². The van der Waals surface area contributed by atoms with Gasteiger partial charge in [-0.15, -0.1) is 0 Å². The molecule has 0 radical (unpaired) electrons. The number of carbonyl (C=O) groups excluding carboxylic acids is 1. The summed E-state index contributed by atoms with van der Waals surface area (Å²) >= 11 is 5.96. The summed E-state index contributed by atoms with van der Waals surface area (Å²) in [5.74, 6) is 1.53. The molecule has 0 aliphatic carbocycles. The van der Waals surface area contributed by atoms with Crippen molar-refractivity contribution in [1.82, 2.24) is 9.88 Å². The second kappa shape index (κ2) is 5.32. The monoisotopic (exact) mass is 293 g/mol. The Bertz CT molecular complexity index is 549. The molecule has 1 aromatic rings. The predicted octanol–water partition coefficient (Wildman–Crippen LogP) is 1.72. The quantitative estimate of drug-likeness (QED) is 0.740. The number of pyridine rings is 1. The number of fused-ring (bicyclic) bond motifs is 3. The van der Waals surface area contributed by atoms with Crippen molar-refractivity contribution < 1.29 is 9.53 Å². The van der Waals surface area contributed by atoms with E-state index in [0.29, 0.717) is 24.7 Å². The molecule has 1 fully saturated rings. The summed E-state index contributed by atoms with van der Waals surface area (Å²) in [4.78, 5) is 20.2. The Balaban J connectivity index is 1.87. The van der Waals surface area contributed by atoms with Crippen molar-refractivity contribution in [1.29, 1.82) is 0 Å². The molecule has 3 heterocycles. The molecule has 0 spiro atoms. The fourth-order valence-electron chi connectivity index (χ4n) is 2.75. The Kier molecular flexibility index (Phi) is 3.53. The lowest BCUT2D eigenvalue weighted by Gasteiger charge is -2.40. The maximum absolute atomic E-state index is 11.7. The summed E-state index contributed by atoms with van der Waals surface area (Å²) in [6.45, 7) is 6.25. The third-order valence-corrected chi connectivity index (χ3v) is 3.96. The molecule has 5 nitrogen and oxygen atoms in total. The lowest BCUT2D eigenvalue weighted by molar-refractivity contribution is -0.126. The highest BCUT2D eigenvalue weighted by Crippen LogP contribution is 2.34. The van der Waals surface area contributed by atoms with Crippen LogP contribution in [0.2, 0.25) is 5.02 Å². The number of hydrogen-bond donors (Lipinski definition) is 0. The fraction of sp³-hybridized carbons (Fsp3) is 0.429. The second-order valence-electron chi connectivity index (χ2n) is 4.95. The van der Waals surface area contributed by atoms with Crippen molar-refractivity contribution >= 4 is 23.3 Å². The standard InChI is InChI=1S/C14H16ClN3O2/c1-2-13(19)17-4-5-18-11(9-17)3-6-20-12-7-10(15)8-16-14(12)18/h2,7-8,11H,1,3-6,9H2/t11-/m0/s1. The van der Waals surface area contributed by atoms with E-state index in [9.17, 15) is 4.79 Å². The normalized spacial score (nSPS) is 21.4. The zero-order valence-corrected chi connectivity index (χ0v) is 11.8. The van der Waals surface area contributed by atoms with Gasteiger partial charge in [-0.1, -0.05) is 18.2 Å². The number of carbonyl (C=O) groups is 1. The first-order valence-corrected chi connectivity index (χ1v) is 7.03. The molecule has 3 rings (SSSR count). The van der Waals surface area contributed by atoms with E-state index in [1.54, 1.807) is 12.3 Å². The largest absolute Gasteiger partial charge is 0.490 e. The zero-order chi connectivity index (χ0) is 14.1. The highest BCUT2D eigenvalue weighted by molar-refractivity contribution is 6.30. The molecule has 0 N–H and O–H groups in total. The third-order valence-electron chi connectivity index (χ3n) is 3.75. The van der Waals surface area contributed by atoms with Gasteiger partial charge in [0.2, 0.25) is 5.91 Å². The van der Waals surface area contributed by atoms with Crippen molar-refractivity contribution in [2.24, 2.45) is 0 Å². The minimum atomic E-state index is -0.0147. The van der Waals surface area contributed by atoms with Gasteiger partial charge in [-0.05, 0) is 6.08 Å². The van der Waals surface area contributed by atoms with Crippen LogP contribution in [-0.2, 0) is 4.79 Å². The van der Waals surface area contributed by atoms with Crippen LogP contribution in [0.3, 0.4) is 0 Å². The van der Waals surface area contributed by atoms with Gasteiger partial charge in [-0.3, -0.25) is 4.79 Å². The van der Waals surface area contributed by atoms with E-state index in [-0.39, 0.29) is 11.9 Å². The number of halogens is 1. The molecular formula is C14H16ClN3O2. The van der Waals surface area contributed by atoms with Gasteiger partial charge >= 0.3 is 0 Å². The average Bonchev–Trinajstić information content (AvgIpc) is 2.64. The van der Waals surface area contributed by atoms with Gasteiger partial charge in [0, 0.05) is 38.3 Å². The number of anilines is 1. The average molecular weight is 294 g/mol. The molecule has 0 unspecified atom stereocenters. The molecule has 0 aromatic carbocycles. The maximum atomic E-state index is 11.7. The van der Waals surface area contributed by atoms with E-state index < -0.39 is 0 Å². The second-order valence-corrected chi connectivity index (χ2v) is 5.38. The van der Waals surface area contributed by atoms with Crippen LogP contribution in [0, 0.1) is 0 Å². The number of nitrogens with zero attached hydrogens (tertiary/aromatic N) is 3. The first kappa shape index (κ1) is 13.2. The zero-order valence-electron chi connectivity index (χ0n) is 11.1. The molecule has 1 amide bonds. The summed E-state index contributed by atoms with van der Waals surface area (Å²) in [5, 5.41) is 0.572. The summed E-state index contributed by atoms with van der Waals surface area (Å²) < 4.78 is 5.73. The van der Waals surface area contributed by atoms with Crippen molar-refractivity contribution in [2.75, 3.05) is 31.1 Å². The van der Waals surface area contributed by atoms with Gasteiger partial charge in [0.05, 0.1) is 17.7 Å². The Morgan fingerprint density at radius 1 is 1.55 bits per heavy atom. The van der Waals surface area contributed by atoms with Gasteiger partial charge in [-0.2, -0.15) is 0 Å². The van der Waals surface area contributed by atoms with Crippen LogP contribution in [-0.4, -0.2) is 48.1 Å². The van der Waals surface area contributed by atoms with E-state index >= 15 is 0 Å². The number of hydrogen-bond acceptors (Lipinski definition) is 4. The van der Waals surface area contributed by atoms with Crippen molar-refractivity contribution in [3.8, 4) is 5.75 Å². The third kappa shape index (κ3) is 2.33. The van der Waals surface area contributed by atoms with Gasteiger partial charge in [0.1, 0.15) is 0 Å². The van der Waals surface area contributed by atoms with E-state index in [2.05, 4.69) is 16.5 Å². The van der Waals surface area contributed by atoms with Crippen LogP contribution >= 0.6 is 11.6 Å². The topological polar surface area (TPSA) is 45.7 Å². The van der Waals surface area contributed by atoms with Gasteiger partial charge in [0.25, 0.3) is 0 Å². The maximum Gasteiger partial charge on any atom is 0.246 e. The molecule has 1 saturated heterocycles. The van der Waals surface area contributed by atoms with Gasteiger partial charge in [-0.25, -0.2) is 4.98 Å². The Labute approximate surface area is 122 Å². The van der Waals surface area contributed by atoms with Crippen LogP contribution in [0.15, 0.2) is 24.9 Å². The summed E-state index contributed by atoms with van der Waals surface area (Å²) in [6, 6.07) is 2.02. The Hall–Kier alpha value is -1.75. The lowest BCUT2D eigenvalue weighted by Crippen LogP contribution is -2.54. The molecule has 2 aliphatic heterocycles. The Morgan fingerprint density at radius 3 is 3.20 bits per heavy atom. The van der Waals surface area contributed by atoms with Crippen molar-refractivity contribution in [3.63, 3.8) is 0 Å². The van der Waals surface area contributed by atoms with Crippen LogP contribution in [0.5, 0.6) is 5.75 Å². The summed E-state index contributed by atoms with van der Waals surface area (Å²) in [7, 11) is 0. The predicted molar refractivity (Wildman–Crippen MR) is 77.3 cm³/mol. The van der Waals surface area contributed by atoms with Crippen molar-refractivity contribution in [2.45, 2.75) is 12.5 Å². The smallest absolute Gasteiger partial charge is 0.246 e. The summed E-state index contributed by atoms with van der Waals surface area (Å²) in [6.07, 6.45) is 3.86. The highest BCUT2D eigenvalue weighted by Gasteiger charge is 2.33. The minimum Gasteiger partial charge on any atom is -0.490 e. The molecule has 0 bridgehead atoms. The van der Waals surface area contributed by atoms with E-state index in [1.165, 1.54) is 6.08 Å². The molecule has 20 heavy (non-hydrogen) atoms. The number of aromatic nitrogens is 1. The van der Waals surface area contributed by atoms with Gasteiger partial charge in [0.15, 0.2) is 11.6 Å². The minimum absolute atomic E-state index is 0.0147. The first-order chi connectivity index (χ1) is 9.69. The number of amides is 1. The number of ether oxygens (including phenoxy) is 1. The fourth-order valence-corrected chi connectivity index (χ4v) is 2.90. The SMILES string of the molecule is C=CC(=O)N1CCN2c3ncc(Cl)cc3OCC[C@H]2C1. The van der Waals surface area contributed by atoms with Crippen LogP contribution in [0.4, 0.5) is 5.82 Å². The Morgan fingerprint density at radius 2 is 2.40 bits per heavy atom. The number of piperazine rings is 1. The van der Waals surface area contributed by atoms with Crippen molar-refractivity contribution in [3.05, 3.63) is 29.9 Å². The molecule has 1 aromatic heterocycles. The lowest BCUT2D eigenvalue weighted by atomic mass is 10.1. The molecule has 0 saturated carbocycles. The van der Waals surface area contributed by atoms with Crippen LogP contribution in [0.25, 0.3) is 0 Å². The molecule has 1 atom stereocenters. The molecule has 6 heteroatoms. The first-order valence-electron chi connectivity index (χ1n) is 6.65. The van der Waals surface area contributed by atoms with Crippen LogP contribution < -0.4 is 9.64 Å². The van der Waals surface area contributed by atoms with E-state index in [1.807, 2.05) is 4.90 Å². The van der Waals surface area contributed by atoms with E-state index in [4.69, 9.17) is 16.3 Å². The van der Waals surface area contributed by atoms with Crippen LogP contribution in [0.1, 0.15) is 6.42 Å². The van der Waals surface area contributed by atoms with Gasteiger partial charge < -0.3 is 14.5 Å². The molecular weight excluding hydrogens is 278 g/mol. The summed E-state index contributed by atoms with van der Waals surface area (Å²) in [5.41, 5.74) is 0.